The van der Waals surface area contributed by atoms with E-state index in [0.717, 1.165) is 50.5 Å². The van der Waals surface area contributed by atoms with Crippen molar-refractivity contribution < 1.29 is 9.53 Å². The number of morpholine rings is 1. The van der Waals surface area contributed by atoms with Crippen molar-refractivity contribution in [3.63, 3.8) is 0 Å². The molecule has 1 aliphatic rings. The molecule has 7 nitrogen and oxygen atoms in total. The highest BCUT2D eigenvalue weighted by atomic mass is 16.5. The highest BCUT2D eigenvalue weighted by Gasteiger charge is 2.11. The van der Waals surface area contributed by atoms with Crippen LogP contribution in [0.25, 0.3) is 0 Å². The molecule has 7 heteroatoms. The number of carbonyl (C=O) groups is 1. The average molecular weight is 371 g/mol. The Kier molecular flexibility index (Phi) is 6.84. The number of benzene rings is 1. The monoisotopic (exact) mass is 371 g/mol. The van der Waals surface area contributed by atoms with Gasteiger partial charge >= 0.3 is 6.03 Å². The number of carbonyl (C=O) groups excluding carboxylic acids is 1. The summed E-state index contributed by atoms with van der Waals surface area (Å²) in [5.41, 5.74) is 3.25. The molecule has 0 unspecified atom stereocenters. The summed E-state index contributed by atoms with van der Waals surface area (Å²) in [4.78, 5) is 14.6. The van der Waals surface area contributed by atoms with Crippen LogP contribution in [0.2, 0.25) is 0 Å². The van der Waals surface area contributed by atoms with Crippen LogP contribution >= 0.6 is 0 Å². The van der Waals surface area contributed by atoms with E-state index in [-0.39, 0.29) is 6.03 Å². The molecule has 2 N–H and O–H groups in total. The molecule has 1 saturated heterocycles. The van der Waals surface area contributed by atoms with Gasteiger partial charge in [-0.15, -0.1) is 0 Å². The van der Waals surface area contributed by atoms with Gasteiger partial charge in [0.2, 0.25) is 0 Å². The molecule has 1 aromatic heterocycles. The molecule has 0 atom stereocenters. The van der Waals surface area contributed by atoms with Gasteiger partial charge in [0.15, 0.2) is 0 Å². The van der Waals surface area contributed by atoms with Crippen LogP contribution in [0, 0.1) is 13.8 Å². The normalized spacial score (nSPS) is 14.9. The maximum Gasteiger partial charge on any atom is 0.320 e. The Morgan fingerprint density at radius 1 is 1.22 bits per heavy atom. The van der Waals surface area contributed by atoms with Crippen molar-refractivity contribution in [2.75, 3.05) is 44.7 Å². The number of rotatable bonds is 7. The largest absolute Gasteiger partial charge is 0.379 e. The maximum atomic E-state index is 12.2. The Bertz CT molecular complexity index is 753. The minimum Gasteiger partial charge on any atom is -0.379 e. The second-order valence-corrected chi connectivity index (χ2v) is 7.01. The van der Waals surface area contributed by atoms with Crippen molar-refractivity contribution in [1.82, 2.24) is 20.0 Å². The number of urea groups is 1. The number of aryl methyl sites for hydroxylation is 2. The molecule has 2 heterocycles. The lowest BCUT2D eigenvalue weighted by Crippen LogP contribution is -2.38. The minimum absolute atomic E-state index is 0.192. The molecule has 27 heavy (non-hydrogen) atoms. The van der Waals surface area contributed by atoms with E-state index in [2.05, 4.69) is 45.8 Å². The van der Waals surface area contributed by atoms with Crippen LogP contribution in [-0.2, 0) is 11.3 Å². The quantitative estimate of drug-likeness (QED) is 0.733. The van der Waals surface area contributed by atoms with Gasteiger partial charge in [-0.25, -0.2) is 9.48 Å². The molecule has 2 amide bonds. The van der Waals surface area contributed by atoms with E-state index >= 15 is 0 Å². The number of amides is 2. The zero-order chi connectivity index (χ0) is 19.1. The Labute approximate surface area is 160 Å². The molecule has 0 saturated carbocycles. The number of nitrogens with zero attached hydrogens (tertiary/aromatic N) is 3. The van der Waals surface area contributed by atoms with E-state index in [1.54, 1.807) is 0 Å². The molecular weight excluding hydrogens is 342 g/mol. The second-order valence-electron chi connectivity index (χ2n) is 7.01. The molecule has 1 aromatic carbocycles. The number of nitrogens with one attached hydrogen (secondary N) is 2. The van der Waals surface area contributed by atoms with E-state index in [4.69, 9.17) is 4.74 Å². The van der Waals surface area contributed by atoms with Gasteiger partial charge < -0.3 is 10.1 Å². The van der Waals surface area contributed by atoms with Crippen LogP contribution in [0.5, 0.6) is 0 Å². The van der Waals surface area contributed by atoms with Gasteiger partial charge in [0.1, 0.15) is 5.82 Å². The van der Waals surface area contributed by atoms with Gasteiger partial charge in [-0.1, -0.05) is 29.8 Å². The lowest BCUT2D eigenvalue weighted by molar-refractivity contribution is 0.0375. The van der Waals surface area contributed by atoms with Crippen LogP contribution in [0.15, 0.2) is 30.3 Å². The van der Waals surface area contributed by atoms with Crippen LogP contribution < -0.4 is 10.6 Å². The molecule has 146 valence electrons. The first-order valence-corrected chi connectivity index (χ1v) is 9.55. The third-order valence-corrected chi connectivity index (χ3v) is 4.60. The standard InChI is InChI=1S/C20H29N5O2/c1-16-5-3-6-18(13-16)15-25-19(14-17(2)23-25)22-20(26)21-7-4-8-24-9-11-27-12-10-24/h3,5-6,13-14H,4,7-12,15H2,1-2H3,(H2,21,22,26). The van der Waals surface area contributed by atoms with Gasteiger partial charge in [0.25, 0.3) is 0 Å². The van der Waals surface area contributed by atoms with Crippen molar-refractivity contribution in [2.24, 2.45) is 0 Å². The third kappa shape index (κ3) is 6.08. The van der Waals surface area contributed by atoms with Crippen LogP contribution in [-0.4, -0.2) is 60.1 Å². The Morgan fingerprint density at radius 3 is 2.81 bits per heavy atom. The third-order valence-electron chi connectivity index (χ3n) is 4.60. The molecule has 0 aliphatic carbocycles. The molecule has 0 radical (unpaired) electrons. The minimum atomic E-state index is -0.192. The number of anilines is 1. The van der Waals surface area contributed by atoms with Gasteiger partial charge in [0, 0.05) is 25.7 Å². The van der Waals surface area contributed by atoms with Crippen molar-refractivity contribution in [3.05, 3.63) is 47.2 Å². The zero-order valence-corrected chi connectivity index (χ0v) is 16.2. The van der Waals surface area contributed by atoms with E-state index in [9.17, 15) is 4.79 Å². The summed E-state index contributed by atoms with van der Waals surface area (Å²) in [6.45, 7) is 9.81. The Morgan fingerprint density at radius 2 is 2.04 bits per heavy atom. The zero-order valence-electron chi connectivity index (χ0n) is 16.2. The van der Waals surface area contributed by atoms with Crippen molar-refractivity contribution in [3.8, 4) is 0 Å². The van der Waals surface area contributed by atoms with Gasteiger partial charge in [0.05, 0.1) is 25.5 Å². The maximum absolute atomic E-state index is 12.2. The van der Waals surface area contributed by atoms with Crippen molar-refractivity contribution in [1.29, 1.82) is 0 Å². The first kappa shape index (κ1) is 19.4. The van der Waals surface area contributed by atoms with E-state index < -0.39 is 0 Å². The predicted octanol–water partition coefficient (Wildman–Crippen LogP) is 2.39. The lowest BCUT2D eigenvalue weighted by atomic mass is 10.1. The van der Waals surface area contributed by atoms with Gasteiger partial charge in [-0.05, 0) is 32.4 Å². The number of ether oxygens (including phenoxy) is 1. The molecular formula is C20H29N5O2. The summed E-state index contributed by atoms with van der Waals surface area (Å²) < 4.78 is 7.17. The predicted molar refractivity (Wildman–Crippen MR) is 106 cm³/mol. The summed E-state index contributed by atoms with van der Waals surface area (Å²) in [5.74, 6) is 0.708. The van der Waals surface area contributed by atoms with E-state index in [0.29, 0.717) is 18.9 Å². The summed E-state index contributed by atoms with van der Waals surface area (Å²) in [6, 6.07) is 10.0. The van der Waals surface area contributed by atoms with E-state index in [1.807, 2.05) is 23.7 Å². The van der Waals surface area contributed by atoms with Crippen molar-refractivity contribution in [2.45, 2.75) is 26.8 Å². The highest BCUT2D eigenvalue weighted by molar-refractivity contribution is 5.88. The smallest absolute Gasteiger partial charge is 0.320 e. The second kappa shape index (κ2) is 9.53. The summed E-state index contributed by atoms with van der Waals surface area (Å²) >= 11 is 0. The van der Waals surface area contributed by atoms with Crippen LogP contribution in [0.3, 0.4) is 0 Å². The fourth-order valence-electron chi connectivity index (χ4n) is 3.24. The van der Waals surface area contributed by atoms with E-state index in [1.165, 1.54) is 5.56 Å². The molecule has 0 bridgehead atoms. The number of hydrogen-bond acceptors (Lipinski definition) is 4. The average Bonchev–Trinajstić information content (AvgIpc) is 2.98. The summed E-state index contributed by atoms with van der Waals surface area (Å²) in [7, 11) is 0. The first-order valence-electron chi connectivity index (χ1n) is 9.55. The molecule has 0 spiro atoms. The molecule has 2 aromatic rings. The number of hydrogen-bond donors (Lipinski definition) is 2. The number of aromatic nitrogens is 2. The van der Waals surface area contributed by atoms with Gasteiger partial charge in [-0.2, -0.15) is 5.10 Å². The highest BCUT2D eigenvalue weighted by Crippen LogP contribution is 2.14. The van der Waals surface area contributed by atoms with Gasteiger partial charge in [-0.3, -0.25) is 10.2 Å². The van der Waals surface area contributed by atoms with Crippen LogP contribution in [0.1, 0.15) is 23.2 Å². The van der Waals surface area contributed by atoms with Crippen LogP contribution in [0.4, 0.5) is 10.6 Å². The molecule has 1 aliphatic heterocycles. The SMILES string of the molecule is Cc1cccc(Cn2nc(C)cc2NC(=O)NCCCN2CCOCC2)c1. The fraction of sp³-hybridized carbons (Fsp3) is 0.500. The topological polar surface area (TPSA) is 71.4 Å². The molecule has 3 rings (SSSR count). The Hall–Kier alpha value is -2.38. The lowest BCUT2D eigenvalue weighted by Gasteiger charge is -2.26. The summed E-state index contributed by atoms with van der Waals surface area (Å²) in [6.07, 6.45) is 0.926. The molecule has 1 fully saturated rings. The first-order chi connectivity index (χ1) is 13.1. The van der Waals surface area contributed by atoms with Crippen molar-refractivity contribution >= 4 is 11.8 Å². The fourth-order valence-corrected chi connectivity index (χ4v) is 3.24. The summed E-state index contributed by atoms with van der Waals surface area (Å²) in [5, 5.41) is 10.4. The Balaban J connectivity index is 1.47.